The Morgan fingerprint density at radius 2 is 1.91 bits per heavy atom. The zero-order valence-electron chi connectivity index (χ0n) is 14.0. The minimum absolute atomic E-state index is 0.0289. The van der Waals surface area contributed by atoms with E-state index in [9.17, 15) is 4.79 Å². The molecule has 0 aromatic carbocycles. The fraction of sp³-hybridized carbons (Fsp3) is 0.778. The van der Waals surface area contributed by atoms with Crippen LogP contribution in [0, 0.1) is 0 Å². The first kappa shape index (κ1) is 16.9. The number of rotatable bonds is 5. The van der Waals surface area contributed by atoms with E-state index in [0.29, 0.717) is 12.5 Å². The van der Waals surface area contributed by atoms with Gasteiger partial charge in [-0.05, 0) is 25.7 Å². The predicted molar refractivity (Wildman–Crippen MR) is 94.7 cm³/mol. The Hall–Kier alpha value is -0.940. The topological polar surface area (TPSA) is 68.0 Å². The maximum Gasteiger partial charge on any atom is 0.240 e. The fourth-order valence-corrected chi connectivity index (χ4v) is 4.77. The van der Waals surface area contributed by atoms with Gasteiger partial charge in [-0.1, -0.05) is 38.5 Å². The van der Waals surface area contributed by atoms with Crippen molar-refractivity contribution in [2.75, 3.05) is 6.54 Å². The molecule has 23 heavy (non-hydrogen) atoms. The van der Waals surface area contributed by atoms with Gasteiger partial charge in [0.05, 0.1) is 16.2 Å². The average molecular weight is 336 g/mol. The van der Waals surface area contributed by atoms with Crippen LogP contribution in [0.15, 0.2) is 5.38 Å². The van der Waals surface area contributed by atoms with E-state index in [-0.39, 0.29) is 5.91 Å². The summed E-state index contributed by atoms with van der Waals surface area (Å²) < 4.78 is 0. The molecule has 128 valence electrons. The Balaban J connectivity index is 1.45. The third kappa shape index (κ3) is 4.32. The van der Waals surface area contributed by atoms with Gasteiger partial charge in [-0.15, -0.1) is 11.3 Å². The molecular weight excluding hydrogens is 306 g/mol. The van der Waals surface area contributed by atoms with Crippen LogP contribution in [0.4, 0.5) is 0 Å². The van der Waals surface area contributed by atoms with Crippen LogP contribution in [-0.4, -0.2) is 23.0 Å². The zero-order valence-corrected chi connectivity index (χ0v) is 14.8. The molecule has 0 radical (unpaired) electrons. The number of amides is 1. The van der Waals surface area contributed by atoms with Crippen molar-refractivity contribution in [3.63, 3.8) is 0 Å². The summed E-state index contributed by atoms with van der Waals surface area (Å²) >= 11 is 1.74. The highest BCUT2D eigenvalue weighted by Crippen LogP contribution is 2.33. The number of carbonyl (C=O) groups excluding carboxylic acids is 1. The molecule has 0 bridgehead atoms. The van der Waals surface area contributed by atoms with E-state index in [0.717, 1.165) is 37.1 Å². The summed E-state index contributed by atoms with van der Waals surface area (Å²) in [5.41, 5.74) is 6.90. The first-order valence-corrected chi connectivity index (χ1v) is 10.1. The molecule has 1 aromatic heterocycles. The van der Waals surface area contributed by atoms with Crippen molar-refractivity contribution in [3.8, 4) is 0 Å². The molecule has 2 aliphatic carbocycles. The van der Waals surface area contributed by atoms with Gasteiger partial charge in [-0.25, -0.2) is 4.98 Å². The van der Waals surface area contributed by atoms with E-state index in [4.69, 9.17) is 10.7 Å². The maximum atomic E-state index is 12.3. The molecule has 1 aromatic rings. The second kappa shape index (κ2) is 7.75. The van der Waals surface area contributed by atoms with Crippen LogP contribution < -0.4 is 11.1 Å². The largest absolute Gasteiger partial charge is 0.354 e. The summed E-state index contributed by atoms with van der Waals surface area (Å²) in [5.74, 6) is 0.694. The molecule has 0 unspecified atom stereocenters. The van der Waals surface area contributed by atoms with E-state index in [1.807, 2.05) is 0 Å². The van der Waals surface area contributed by atoms with Crippen LogP contribution >= 0.6 is 11.3 Å². The van der Waals surface area contributed by atoms with E-state index < -0.39 is 5.54 Å². The third-order valence-corrected chi connectivity index (χ3v) is 6.34. The van der Waals surface area contributed by atoms with Gasteiger partial charge in [0.25, 0.3) is 0 Å². The average Bonchev–Trinajstić information content (AvgIpc) is 3.05. The highest BCUT2D eigenvalue weighted by molar-refractivity contribution is 7.09. The summed E-state index contributed by atoms with van der Waals surface area (Å²) in [5, 5.41) is 6.39. The highest BCUT2D eigenvalue weighted by Gasteiger charge is 2.34. The number of thiazole rings is 1. The smallest absolute Gasteiger partial charge is 0.240 e. The monoisotopic (exact) mass is 335 g/mol. The molecule has 4 nitrogen and oxygen atoms in total. The van der Waals surface area contributed by atoms with Crippen molar-refractivity contribution < 1.29 is 4.79 Å². The number of aromatic nitrogens is 1. The second-order valence-electron chi connectivity index (χ2n) is 7.22. The standard InChI is InChI=1S/C18H29N3OS/c19-18(10-5-2-6-11-18)17(22)20-12-9-16-21-15(13-23-16)14-7-3-1-4-8-14/h13-14H,1-12,19H2,(H,20,22). The summed E-state index contributed by atoms with van der Waals surface area (Å²) in [4.78, 5) is 17.1. The molecule has 1 heterocycles. The Bertz CT molecular complexity index is 516. The second-order valence-corrected chi connectivity index (χ2v) is 8.17. The van der Waals surface area contributed by atoms with Crippen LogP contribution in [0.2, 0.25) is 0 Å². The van der Waals surface area contributed by atoms with Crippen LogP contribution in [0.1, 0.15) is 80.8 Å². The minimum Gasteiger partial charge on any atom is -0.354 e. The van der Waals surface area contributed by atoms with Gasteiger partial charge < -0.3 is 11.1 Å². The van der Waals surface area contributed by atoms with E-state index in [1.165, 1.54) is 44.2 Å². The molecule has 1 amide bonds. The lowest BCUT2D eigenvalue weighted by molar-refractivity contribution is -0.127. The molecule has 3 N–H and O–H groups in total. The first-order chi connectivity index (χ1) is 11.2. The van der Waals surface area contributed by atoms with Crippen LogP contribution in [0.25, 0.3) is 0 Å². The van der Waals surface area contributed by atoms with Crippen molar-refractivity contribution >= 4 is 17.2 Å². The lowest BCUT2D eigenvalue weighted by Gasteiger charge is -2.31. The van der Waals surface area contributed by atoms with Gasteiger partial charge in [0.1, 0.15) is 0 Å². The lowest BCUT2D eigenvalue weighted by atomic mass is 9.82. The van der Waals surface area contributed by atoms with Gasteiger partial charge in [0.15, 0.2) is 0 Å². The van der Waals surface area contributed by atoms with Gasteiger partial charge in [-0.2, -0.15) is 0 Å². The van der Waals surface area contributed by atoms with Crippen LogP contribution in [0.5, 0.6) is 0 Å². The number of nitrogens with zero attached hydrogens (tertiary/aromatic N) is 1. The molecule has 0 saturated heterocycles. The van der Waals surface area contributed by atoms with Crippen molar-refractivity contribution in [1.82, 2.24) is 10.3 Å². The third-order valence-electron chi connectivity index (χ3n) is 5.42. The van der Waals surface area contributed by atoms with Crippen molar-refractivity contribution in [1.29, 1.82) is 0 Å². The predicted octanol–water partition coefficient (Wildman–Crippen LogP) is 3.51. The Morgan fingerprint density at radius 3 is 2.65 bits per heavy atom. The molecule has 2 aliphatic rings. The summed E-state index contributed by atoms with van der Waals surface area (Å²) in [7, 11) is 0. The lowest BCUT2D eigenvalue weighted by Crippen LogP contribution is -2.55. The van der Waals surface area contributed by atoms with Gasteiger partial charge in [0, 0.05) is 24.3 Å². The van der Waals surface area contributed by atoms with Crippen molar-refractivity contribution in [2.24, 2.45) is 5.73 Å². The van der Waals surface area contributed by atoms with Gasteiger partial charge >= 0.3 is 0 Å². The Kier molecular flexibility index (Phi) is 5.70. The quantitative estimate of drug-likeness (QED) is 0.865. The number of carbonyl (C=O) groups is 1. The molecule has 0 aliphatic heterocycles. The Morgan fingerprint density at radius 1 is 1.22 bits per heavy atom. The SMILES string of the molecule is NC1(C(=O)NCCc2nc(C3CCCCC3)cs2)CCCCC1. The van der Waals surface area contributed by atoms with Gasteiger partial charge in [-0.3, -0.25) is 4.79 Å². The molecule has 2 fully saturated rings. The molecular formula is C18H29N3OS. The van der Waals surface area contributed by atoms with E-state index in [1.54, 1.807) is 11.3 Å². The van der Waals surface area contributed by atoms with Crippen molar-refractivity contribution in [2.45, 2.75) is 82.1 Å². The van der Waals surface area contributed by atoms with Gasteiger partial charge in [0.2, 0.25) is 5.91 Å². The van der Waals surface area contributed by atoms with Crippen LogP contribution in [-0.2, 0) is 11.2 Å². The number of nitrogens with two attached hydrogens (primary N) is 1. The fourth-order valence-electron chi connectivity index (χ4n) is 3.89. The summed E-state index contributed by atoms with van der Waals surface area (Å²) in [6, 6.07) is 0. The van der Waals surface area contributed by atoms with E-state index >= 15 is 0 Å². The zero-order chi connectivity index (χ0) is 16.1. The highest BCUT2D eigenvalue weighted by atomic mass is 32.1. The molecule has 0 spiro atoms. The normalized spacial score (nSPS) is 22.0. The molecule has 5 heteroatoms. The molecule has 0 atom stereocenters. The minimum atomic E-state index is -0.631. The molecule has 3 rings (SSSR count). The van der Waals surface area contributed by atoms with E-state index in [2.05, 4.69) is 10.7 Å². The molecule has 2 saturated carbocycles. The van der Waals surface area contributed by atoms with Crippen LogP contribution in [0.3, 0.4) is 0 Å². The number of hydrogen-bond acceptors (Lipinski definition) is 4. The number of nitrogens with one attached hydrogen (secondary N) is 1. The number of hydrogen-bond donors (Lipinski definition) is 2. The van der Waals surface area contributed by atoms with Crippen molar-refractivity contribution in [3.05, 3.63) is 16.1 Å². The Labute approximate surface area is 143 Å². The first-order valence-electron chi connectivity index (χ1n) is 9.19. The summed E-state index contributed by atoms with van der Waals surface area (Å²) in [6.45, 7) is 0.648. The summed E-state index contributed by atoms with van der Waals surface area (Å²) in [6.07, 6.45) is 12.4. The maximum absolute atomic E-state index is 12.3.